The van der Waals surface area contributed by atoms with Gasteiger partial charge >= 0.3 is 5.97 Å². The molecule has 0 fully saturated rings. The first-order valence-corrected chi connectivity index (χ1v) is 14.0. The van der Waals surface area contributed by atoms with Crippen LogP contribution in [0.1, 0.15) is 20.8 Å². The van der Waals surface area contributed by atoms with E-state index in [0.29, 0.717) is 106 Å². The Morgan fingerprint density at radius 3 is 0.972 bits per heavy atom. The lowest BCUT2D eigenvalue weighted by atomic mass is 10.2. The van der Waals surface area contributed by atoms with E-state index in [-0.39, 0.29) is 12.6 Å². The van der Waals surface area contributed by atoms with Crippen molar-refractivity contribution >= 4 is 28.6 Å². The van der Waals surface area contributed by atoms with Crippen molar-refractivity contribution in [3.8, 4) is 0 Å². The summed E-state index contributed by atoms with van der Waals surface area (Å²) < 4.78 is 54.5. The molecule has 0 aliphatic rings. The van der Waals surface area contributed by atoms with Crippen LogP contribution in [-0.2, 0) is 52.2 Å². The highest BCUT2D eigenvalue weighted by Crippen LogP contribution is 2.06. The summed E-state index contributed by atoms with van der Waals surface area (Å²) in [4.78, 5) is 11.5. The third kappa shape index (κ3) is 31.9. The second kappa shape index (κ2) is 27.9. The maximum atomic E-state index is 11.5. The Labute approximate surface area is 230 Å². The van der Waals surface area contributed by atoms with Crippen LogP contribution in [0.5, 0.6) is 0 Å². The van der Waals surface area contributed by atoms with E-state index >= 15 is 0 Å². The topological polar surface area (TPSA) is 109 Å². The summed E-state index contributed by atoms with van der Waals surface area (Å²) in [6.45, 7) is 14.2. The molecule has 0 bridgehead atoms. The molecule has 12 heteroatoms. The van der Waals surface area contributed by atoms with Gasteiger partial charge in [0.25, 0.3) is 0 Å². The van der Waals surface area contributed by atoms with E-state index in [9.17, 15) is 4.79 Å². The molecule has 0 aromatic heterocycles. The number of alkyl halides is 1. The monoisotopic (exact) mass is 638 g/mol. The van der Waals surface area contributed by atoms with Crippen LogP contribution in [0, 0.1) is 0 Å². The van der Waals surface area contributed by atoms with E-state index in [0.717, 1.165) is 11.0 Å². The number of rotatable bonds is 28. The van der Waals surface area contributed by atoms with Gasteiger partial charge in [-0.25, -0.2) is 4.79 Å². The van der Waals surface area contributed by atoms with Crippen LogP contribution in [0.25, 0.3) is 0 Å². The van der Waals surface area contributed by atoms with Crippen LogP contribution in [0.3, 0.4) is 0 Å². The van der Waals surface area contributed by atoms with E-state index in [1.807, 2.05) is 20.8 Å². The van der Waals surface area contributed by atoms with E-state index in [4.69, 9.17) is 47.4 Å². The summed E-state index contributed by atoms with van der Waals surface area (Å²) >= 11 is 2.27. The fraction of sp³-hybridized carbons (Fsp3) is 0.958. The Morgan fingerprint density at radius 1 is 0.472 bits per heavy atom. The Morgan fingerprint density at radius 2 is 0.722 bits per heavy atom. The molecule has 0 amide bonds. The number of hydrogen-bond donors (Lipinski definition) is 0. The van der Waals surface area contributed by atoms with Gasteiger partial charge in [-0.2, -0.15) is 0 Å². The molecule has 0 radical (unpaired) electrons. The van der Waals surface area contributed by atoms with Gasteiger partial charge in [-0.1, -0.05) is 22.6 Å². The van der Waals surface area contributed by atoms with Crippen LogP contribution in [0.2, 0.25) is 0 Å². The van der Waals surface area contributed by atoms with Gasteiger partial charge in [0.15, 0.2) is 0 Å². The van der Waals surface area contributed by atoms with Gasteiger partial charge in [-0.05, 0) is 20.8 Å². The molecule has 0 aromatic carbocycles. The molecule has 0 saturated carbocycles. The highest BCUT2D eigenvalue weighted by molar-refractivity contribution is 14.1. The predicted molar refractivity (Wildman–Crippen MR) is 142 cm³/mol. The molecule has 0 atom stereocenters. The minimum absolute atomic E-state index is 0.0768. The van der Waals surface area contributed by atoms with Gasteiger partial charge in [0.05, 0.1) is 112 Å². The summed E-state index contributed by atoms with van der Waals surface area (Å²) in [5.74, 6) is -0.382. The van der Waals surface area contributed by atoms with E-state index < -0.39 is 5.60 Å². The predicted octanol–water partition coefficient (Wildman–Crippen LogP) is 1.91. The molecule has 0 aromatic rings. The highest BCUT2D eigenvalue weighted by Gasteiger charge is 2.15. The molecule has 0 aliphatic carbocycles. The third-order valence-electron chi connectivity index (χ3n) is 3.84. The van der Waals surface area contributed by atoms with Crippen molar-refractivity contribution in [2.75, 3.05) is 123 Å². The molecule has 216 valence electrons. The summed E-state index contributed by atoms with van der Waals surface area (Å²) in [5, 5.41) is 0. The molecule has 0 spiro atoms. The molecule has 0 saturated heterocycles. The standard InChI is InChI=1S/C24H47IO11/c1-24(2,3)36-23(26)22-35-21-20-34-19-18-33-17-16-32-15-14-31-13-12-30-11-10-29-9-8-28-7-6-27-5-4-25/h4-22H2,1-3H3. The quantitative estimate of drug-likeness (QED) is 0.0543. The fourth-order valence-corrected chi connectivity index (χ4v) is 2.65. The van der Waals surface area contributed by atoms with Gasteiger partial charge in [0, 0.05) is 4.43 Å². The maximum Gasteiger partial charge on any atom is 0.332 e. The minimum Gasteiger partial charge on any atom is -0.458 e. The number of esters is 1. The van der Waals surface area contributed by atoms with Crippen molar-refractivity contribution in [2.24, 2.45) is 0 Å². The van der Waals surface area contributed by atoms with Crippen LogP contribution >= 0.6 is 22.6 Å². The Kier molecular flexibility index (Phi) is 27.7. The number of carbonyl (C=O) groups is 1. The van der Waals surface area contributed by atoms with Crippen molar-refractivity contribution in [2.45, 2.75) is 26.4 Å². The van der Waals surface area contributed by atoms with Gasteiger partial charge in [0.2, 0.25) is 0 Å². The lowest BCUT2D eigenvalue weighted by Crippen LogP contribution is -2.27. The van der Waals surface area contributed by atoms with Gasteiger partial charge < -0.3 is 47.4 Å². The van der Waals surface area contributed by atoms with Gasteiger partial charge in [-0.3, -0.25) is 0 Å². The summed E-state index contributed by atoms with van der Waals surface area (Å²) in [5.41, 5.74) is -0.504. The van der Waals surface area contributed by atoms with Crippen molar-refractivity contribution in [3.05, 3.63) is 0 Å². The molecule has 0 aliphatic heterocycles. The van der Waals surface area contributed by atoms with E-state index in [2.05, 4.69) is 22.6 Å². The zero-order chi connectivity index (χ0) is 26.6. The first-order valence-electron chi connectivity index (χ1n) is 12.4. The molecular weight excluding hydrogens is 591 g/mol. The van der Waals surface area contributed by atoms with Crippen LogP contribution in [0.15, 0.2) is 0 Å². The van der Waals surface area contributed by atoms with Crippen LogP contribution in [-0.4, -0.2) is 135 Å². The van der Waals surface area contributed by atoms with Crippen molar-refractivity contribution < 1.29 is 52.2 Å². The maximum absolute atomic E-state index is 11.5. The van der Waals surface area contributed by atoms with Crippen molar-refractivity contribution in [1.29, 1.82) is 0 Å². The number of hydrogen-bond acceptors (Lipinski definition) is 11. The number of ether oxygens (including phenoxy) is 10. The second-order valence-corrected chi connectivity index (χ2v) is 9.31. The fourth-order valence-electron chi connectivity index (χ4n) is 2.34. The van der Waals surface area contributed by atoms with E-state index in [1.54, 1.807) is 0 Å². The molecule has 36 heavy (non-hydrogen) atoms. The molecule has 0 rings (SSSR count). The van der Waals surface area contributed by atoms with Crippen LogP contribution < -0.4 is 0 Å². The minimum atomic E-state index is -0.504. The number of carbonyl (C=O) groups excluding carboxylic acids is 1. The lowest BCUT2D eigenvalue weighted by molar-refractivity contribution is -0.160. The average Bonchev–Trinajstić information content (AvgIpc) is 2.82. The molecule has 0 heterocycles. The van der Waals surface area contributed by atoms with Crippen molar-refractivity contribution in [1.82, 2.24) is 0 Å². The van der Waals surface area contributed by atoms with E-state index in [1.165, 1.54) is 0 Å². The summed E-state index contributed by atoms with van der Waals surface area (Å²) in [7, 11) is 0. The first-order chi connectivity index (χ1) is 17.5. The molecule has 11 nitrogen and oxygen atoms in total. The third-order valence-corrected chi connectivity index (χ3v) is 4.28. The zero-order valence-corrected chi connectivity index (χ0v) is 24.5. The Bertz CT molecular complexity index is 464. The molecular formula is C24H47IO11. The molecule has 0 unspecified atom stereocenters. The molecule has 0 N–H and O–H groups in total. The van der Waals surface area contributed by atoms with Crippen LogP contribution in [0.4, 0.5) is 0 Å². The smallest absolute Gasteiger partial charge is 0.332 e. The SMILES string of the molecule is CC(C)(C)OC(=O)COCCOCCOCCOCCOCCOCCOCCOCCOCCI. The Balaban J connectivity index is 3.09. The Hall–Kier alpha value is -0.160. The first kappa shape index (κ1) is 35.8. The summed E-state index contributed by atoms with van der Waals surface area (Å²) in [6, 6.07) is 0. The van der Waals surface area contributed by atoms with Crippen molar-refractivity contribution in [3.63, 3.8) is 0 Å². The lowest BCUT2D eigenvalue weighted by Gasteiger charge is -2.19. The average molecular weight is 639 g/mol. The zero-order valence-electron chi connectivity index (χ0n) is 22.3. The summed E-state index contributed by atoms with van der Waals surface area (Å²) in [6.07, 6.45) is 0. The van der Waals surface area contributed by atoms with Gasteiger partial charge in [0.1, 0.15) is 12.2 Å². The van der Waals surface area contributed by atoms with Gasteiger partial charge in [-0.15, -0.1) is 0 Å². The normalized spacial score (nSPS) is 11.8. The second-order valence-electron chi connectivity index (χ2n) is 8.23. The largest absolute Gasteiger partial charge is 0.458 e. The highest BCUT2D eigenvalue weighted by atomic mass is 127. The number of halogens is 1.